The highest BCUT2D eigenvalue weighted by Gasteiger charge is 2.16. The molecule has 25 heavy (non-hydrogen) atoms. The van der Waals surface area contributed by atoms with Gasteiger partial charge in [-0.15, -0.1) is 23.5 Å². The molecule has 2 heterocycles. The van der Waals surface area contributed by atoms with E-state index in [1.54, 1.807) is 11.8 Å². The quantitative estimate of drug-likeness (QED) is 0.439. The van der Waals surface area contributed by atoms with Crippen molar-refractivity contribution in [3.05, 3.63) is 48.5 Å². The highest BCUT2D eigenvalue weighted by Crippen LogP contribution is 2.34. The normalized spacial score (nSPS) is 11.5. The third kappa shape index (κ3) is 2.92. The molecule has 0 amide bonds. The van der Waals surface area contributed by atoms with Gasteiger partial charge in [-0.25, -0.2) is 9.97 Å². The number of aromatic nitrogens is 3. The van der Waals surface area contributed by atoms with Gasteiger partial charge in [0.15, 0.2) is 5.82 Å². The number of fused-ring (bicyclic) bond motifs is 2. The Morgan fingerprint density at radius 2 is 1.84 bits per heavy atom. The average Bonchev–Trinajstić information content (AvgIpc) is 2.97. The number of pyridine rings is 1. The van der Waals surface area contributed by atoms with Crippen LogP contribution in [0.1, 0.15) is 6.92 Å². The van der Waals surface area contributed by atoms with Gasteiger partial charge < -0.3 is 4.57 Å². The molecule has 4 aromatic rings. The lowest BCUT2D eigenvalue weighted by Crippen LogP contribution is -1.97. The molecular weight excluding hydrogens is 346 g/mol. The van der Waals surface area contributed by atoms with Crippen molar-refractivity contribution in [2.24, 2.45) is 7.05 Å². The third-order valence-corrected chi connectivity index (χ3v) is 5.92. The van der Waals surface area contributed by atoms with Gasteiger partial charge in [-0.1, -0.05) is 25.1 Å². The second kappa shape index (κ2) is 6.73. The van der Waals surface area contributed by atoms with Crippen molar-refractivity contribution in [3.8, 4) is 11.5 Å². The van der Waals surface area contributed by atoms with Gasteiger partial charge in [-0.3, -0.25) is 0 Å². The number of hydrogen-bond acceptors (Lipinski definition) is 4. The summed E-state index contributed by atoms with van der Waals surface area (Å²) in [6.45, 7) is 2.17. The molecule has 5 heteroatoms. The van der Waals surface area contributed by atoms with E-state index in [9.17, 15) is 0 Å². The maximum Gasteiger partial charge on any atom is 0.160 e. The fourth-order valence-electron chi connectivity index (χ4n) is 3.04. The van der Waals surface area contributed by atoms with Crippen molar-refractivity contribution in [1.82, 2.24) is 14.5 Å². The Morgan fingerprint density at radius 3 is 2.64 bits per heavy atom. The number of hydrogen-bond donors (Lipinski definition) is 0. The second-order valence-corrected chi connectivity index (χ2v) is 8.00. The van der Waals surface area contributed by atoms with Gasteiger partial charge in [-0.2, -0.15) is 0 Å². The summed E-state index contributed by atoms with van der Waals surface area (Å²) >= 11 is 3.56. The lowest BCUT2D eigenvalue weighted by Gasteiger charge is -2.10. The predicted molar refractivity (Wildman–Crippen MR) is 110 cm³/mol. The van der Waals surface area contributed by atoms with E-state index in [1.807, 2.05) is 17.8 Å². The predicted octanol–water partition coefficient (Wildman–Crippen LogP) is 5.62. The molecule has 0 aliphatic rings. The van der Waals surface area contributed by atoms with E-state index in [0.717, 1.165) is 33.8 Å². The largest absolute Gasteiger partial charge is 0.326 e. The second-order valence-electron chi connectivity index (χ2n) is 5.81. The van der Waals surface area contributed by atoms with Crippen LogP contribution in [0.15, 0.2) is 58.3 Å². The summed E-state index contributed by atoms with van der Waals surface area (Å²) in [6.07, 6.45) is 2.09. The van der Waals surface area contributed by atoms with Gasteiger partial charge in [0, 0.05) is 22.2 Å². The van der Waals surface area contributed by atoms with Crippen molar-refractivity contribution in [2.45, 2.75) is 16.7 Å². The molecule has 0 radical (unpaired) electrons. The first-order valence-corrected chi connectivity index (χ1v) is 10.5. The van der Waals surface area contributed by atoms with Crippen LogP contribution < -0.4 is 0 Å². The summed E-state index contributed by atoms with van der Waals surface area (Å²) in [4.78, 5) is 12.3. The van der Waals surface area contributed by atoms with Gasteiger partial charge in [0.2, 0.25) is 0 Å². The lowest BCUT2D eigenvalue weighted by atomic mass is 10.2. The Bertz CT molecular complexity index is 1070. The summed E-state index contributed by atoms with van der Waals surface area (Å²) in [7, 11) is 2.07. The average molecular weight is 366 g/mol. The third-order valence-electron chi connectivity index (χ3n) is 4.29. The molecular formula is C20H19N3S2. The minimum atomic E-state index is 0.926. The van der Waals surface area contributed by atoms with Crippen molar-refractivity contribution in [3.63, 3.8) is 0 Å². The Kier molecular flexibility index (Phi) is 4.44. The number of thioether (sulfide) groups is 2. The number of para-hydroxylation sites is 1. The monoisotopic (exact) mass is 365 g/mol. The number of aryl methyl sites for hydroxylation is 1. The van der Waals surface area contributed by atoms with Crippen molar-refractivity contribution in [2.75, 3.05) is 12.0 Å². The number of nitrogens with zero attached hydrogens (tertiary/aromatic N) is 3. The lowest BCUT2D eigenvalue weighted by molar-refractivity contribution is 0.946. The minimum absolute atomic E-state index is 0.926. The molecule has 0 N–H and O–H groups in total. The summed E-state index contributed by atoms with van der Waals surface area (Å²) in [5, 5.41) is 1.17. The molecule has 0 spiro atoms. The van der Waals surface area contributed by atoms with Crippen LogP contribution in [0.5, 0.6) is 0 Å². The molecule has 0 unspecified atom stereocenters. The summed E-state index contributed by atoms with van der Waals surface area (Å²) in [5.41, 5.74) is 4.13. The Balaban J connectivity index is 1.98. The molecule has 0 saturated heterocycles. The number of imidazole rings is 1. The topological polar surface area (TPSA) is 30.7 Å². The SMILES string of the molecule is CCSc1cc2ccccc2nc1-c1nc2cc(SC)ccc2n1C. The fraction of sp³-hybridized carbons (Fsp3) is 0.200. The van der Waals surface area contributed by atoms with Crippen LogP contribution in [-0.4, -0.2) is 26.5 Å². The van der Waals surface area contributed by atoms with Crippen molar-refractivity contribution < 1.29 is 0 Å². The van der Waals surface area contributed by atoms with Gasteiger partial charge in [0.05, 0.1) is 16.6 Å². The zero-order valence-corrected chi connectivity index (χ0v) is 16.1. The molecule has 126 valence electrons. The maximum atomic E-state index is 4.95. The van der Waals surface area contributed by atoms with Crippen molar-refractivity contribution in [1.29, 1.82) is 0 Å². The van der Waals surface area contributed by atoms with Crippen LogP contribution in [0.3, 0.4) is 0 Å². The van der Waals surface area contributed by atoms with E-state index in [0.29, 0.717) is 0 Å². The molecule has 3 nitrogen and oxygen atoms in total. The Morgan fingerprint density at radius 1 is 1.00 bits per heavy atom. The van der Waals surface area contributed by atoms with Crippen LogP contribution in [0.2, 0.25) is 0 Å². The smallest absolute Gasteiger partial charge is 0.160 e. The van der Waals surface area contributed by atoms with Crippen LogP contribution in [0, 0.1) is 0 Å². The molecule has 2 aromatic carbocycles. The molecule has 0 bridgehead atoms. The van der Waals surface area contributed by atoms with Gasteiger partial charge in [0.25, 0.3) is 0 Å². The first-order chi connectivity index (χ1) is 12.2. The first-order valence-electron chi connectivity index (χ1n) is 8.24. The van der Waals surface area contributed by atoms with E-state index in [2.05, 4.69) is 67.3 Å². The van der Waals surface area contributed by atoms with Gasteiger partial charge in [0.1, 0.15) is 5.69 Å². The molecule has 0 aliphatic carbocycles. The molecule has 4 rings (SSSR count). The zero-order valence-electron chi connectivity index (χ0n) is 14.5. The highest BCUT2D eigenvalue weighted by molar-refractivity contribution is 7.99. The van der Waals surface area contributed by atoms with E-state index >= 15 is 0 Å². The van der Waals surface area contributed by atoms with E-state index in [-0.39, 0.29) is 0 Å². The Hall–Kier alpha value is -1.98. The van der Waals surface area contributed by atoms with Crippen LogP contribution in [-0.2, 0) is 7.05 Å². The van der Waals surface area contributed by atoms with Gasteiger partial charge in [-0.05, 0) is 42.3 Å². The Labute approximate surface area is 155 Å². The maximum absolute atomic E-state index is 4.95. The molecule has 0 aliphatic heterocycles. The zero-order chi connectivity index (χ0) is 17.4. The minimum Gasteiger partial charge on any atom is -0.326 e. The van der Waals surface area contributed by atoms with E-state index in [4.69, 9.17) is 9.97 Å². The first kappa shape index (κ1) is 16.5. The molecule has 0 fully saturated rings. The standard InChI is InChI=1S/C20H19N3S2/c1-4-25-18-11-13-7-5-6-8-15(13)21-19(18)20-22-16-12-14(24-3)9-10-17(16)23(20)2/h5-12H,4H2,1-3H3. The summed E-state index contributed by atoms with van der Waals surface area (Å²) < 4.78 is 2.15. The van der Waals surface area contributed by atoms with Crippen molar-refractivity contribution >= 4 is 45.5 Å². The number of rotatable bonds is 4. The van der Waals surface area contributed by atoms with Crippen LogP contribution >= 0.6 is 23.5 Å². The molecule has 0 saturated carbocycles. The highest BCUT2D eigenvalue weighted by atomic mass is 32.2. The van der Waals surface area contributed by atoms with Crippen LogP contribution in [0.25, 0.3) is 33.5 Å². The van der Waals surface area contributed by atoms with E-state index < -0.39 is 0 Å². The van der Waals surface area contributed by atoms with Crippen LogP contribution in [0.4, 0.5) is 0 Å². The number of benzene rings is 2. The van der Waals surface area contributed by atoms with E-state index in [1.165, 1.54) is 15.2 Å². The fourth-order valence-corrected chi connectivity index (χ4v) is 4.27. The molecule has 2 aromatic heterocycles. The summed E-state index contributed by atoms with van der Waals surface area (Å²) in [6, 6.07) is 16.9. The summed E-state index contributed by atoms with van der Waals surface area (Å²) in [5.74, 6) is 1.93. The molecule has 0 atom stereocenters. The van der Waals surface area contributed by atoms with Gasteiger partial charge >= 0.3 is 0 Å².